The lowest BCUT2D eigenvalue weighted by Gasteiger charge is -2.02. The second-order valence-electron chi connectivity index (χ2n) is 3.92. The quantitative estimate of drug-likeness (QED) is 0.472. The Kier molecular flexibility index (Phi) is 6.72. The van der Waals surface area contributed by atoms with Crippen molar-refractivity contribution in [3.05, 3.63) is 17.0 Å². The van der Waals surface area contributed by atoms with Gasteiger partial charge in [-0.3, -0.25) is 0 Å². The van der Waals surface area contributed by atoms with Gasteiger partial charge in [-0.05, 0) is 19.0 Å². The Bertz CT molecular complexity index is 291. The third-order valence-corrected chi connectivity index (χ3v) is 3.57. The van der Waals surface area contributed by atoms with Crippen molar-refractivity contribution in [2.75, 3.05) is 6.54 Å². The first-order valence-electron chi connectivity index (χ1n) is 5.89. The zero-order valence-corrected chi connectivity index (χ0v) is 10.6. The Morgan fingerprint density at radius 3 is 2.69 bits per heavy atom. The summed E-state index contributed by atoms with van der Waals surface area (Å²) in [6.45, 7) is 4.07. The van der Waals surface area contributed by atoms with Crippen molar-refractivity contribution in [3.8, 4) is 0 Å². The maximum atomic E-state index is 8.95. The molecule has 90 valence electrons. The van der Waals surface area contributed by atoms with Gasteiger partial charge < -0.3 is 15.4 Å². The number of hydrogen-bond donors (Lipinski definition) is 3. The third-order valence-electron chi connectivity index (χ3n) is 2.44. The minimum Gasteiger partial charge on any atom is -0.423 e. The van der Waals surface area contributed by atoms with Gasteiger partial charge in [-0.15, -0.1) is 11.3 Å². The molecule has 0 aromatic carbocycles. The van der Waals surface area contributed by atoms with Crippen LogP contribution in [0.3, 0.4) is 0 Å². The standard InChI is InChI=1S/C11H20BNO2S/c1-2-3-4-5-8-13-9-10-6-7-11(16-10)12(14)15/h6-7,13-15H,2-5,8-9H2,1H3. The summed E-state index contributed by atoms with van der Waals surface area (Å²) >= 11 is 1.45. The molecule has 0 spiro atoms. The Hall–Kier alpha value is -0.355. The largest absolute Gasteiger partial charge is 0.499 e. The van der Waals surface area contributed by atoms with Gasteiger partial charge in [0.1, 0.15) is 0 Å². The van der Waals surface area contributed by atoms with E-state index >= 15 is 0 Å². The van der Waals surface area contributed by atoms with E-state index in [4.69, 9.17) is 10.0 Å². The smallest absolute Gasteiger partial charge is 0.423 e. The molecular weight excluding hydrogens is 221 g/mol. The predicted molar refractivity (Wildman–Crippen MR) is 70.0 cm³/mol. The lowest BCUT2D eigenvalue weighted by atomic mass is 9.90. The molecule has 3 N–H and O–H groups in total. The summed E-state index contributed by atoms with van der Waals surface area (Å²) in [5.74, 6) is 0. The molecule has 5 heteroatoms. The highest BCUT2D eigenvalue weighted by molar-refractivity contribution is 7.22. The Labute approximate surface area is 102 Å². The van der Waals surface area contributed by atoms with Crippen molar-refractivity contribution in [1.29, 1.82) is 0 Å². The first-order chi connectivity index (χ1) is 7.74. The number of unbranched alkanes of at least 4 members (excludes halogenated alkanes) is 3. The van der Waals surface area contributed by atoms with Crippen LogP contribution >= 0.6 is 11.3 Å². The molecule has 0 saturated heterocycles. The van der Waals surface area contributed by atoms with Crippen molar-refractivity contribution in [1.82, 2.24) is 5.32 Å². The van der Waals surface area contributed by atoms with Gasteiger partial charge in [0.25, 0.3) is 0 Å². The van der Waals surface area contributed by atoms with Crippen LogP contribution in [0.4, 0.5) is 0 Å². The van der Waals surface area contributed by atoms with Crippen molar-refractivity contribution in [3.63, 3.8) is 0 Å². The molecule has 0 radical (unpaired) electrons. The summed E-state index contributed by atoms with van der Waals surface area (Å²) in [4.78, 5) is 1.15. The molecule has 0 atom stereocenters. The van der Waals surface area contributed by atoms with Crippen LogP contribution in [-0.2, 0) is 6.54 Å². The molecule has 0 unspecified atom stereocenters. The average molecular weight is 241 g/mol. The number of hydrogen-bond acceptors (Lipinski definition) is 4. The molecule has 0 bridgehead atoms. The van der Waals surface area contributed by atoms with Gasteiger partial charge in [-0.25, -0.2) is 0 Å². The van der Waals surface area contributed by atoms with Crippen LogP contribution in [0, 0.1) is 0 Å². The summed E-state index contributed by atoms with van der Waals surface area (Å²) in [5, 5.41) is 21.3. The Balaban J connectivity index is 2.12. The number of nitrogens with one attached hydrogen (secondary N) is 1. The topological polar surface area (TPSA) is 52.5 Å². The van der Waals surface area contributed by atoms with Crippen LogP contribution in [0.1, 0.15) is 37.5 Å². The Morgan fingerprint density at radius 1 is 1.25 bits per heavy atom. The first kappa shape index (κ1) is 13.7. The molecule has 1 heterocycles. The summed E-state index contributed by atoms with van der Waals surface area (Å²) in [6, 6.07) is 3.71. The van der Waals surface area contributed by atoms with Crippen molar-refractivity contribution < 1.29 is 10.0 Å². The monoisotopic (exact) mass is 241 g/mol. The normalized spacial score (nSPS) is 10.7. The van der Waals surface area contributed by atoms with Crippen LogP contribution < -0.4 is 10.1 Å². The van der Waals surface area contributed by atoms with E-state index in [0.29, 0.717) is 4.78 Å². The summed E-state index contributed by atoms with van der Waals surface area (Å²) in [5.41, 5.74) is 0. The van der Waals surface area contributed by atoms with E-state index in [2.05, 4.69) is 12.2 Å². The molecule has 1 aromatic heterocycles. The van der Waals surface area contributed by atoms with Crippen molar-refractivity contribution in [2.24, 2.45) is 0 Å². The van der Waals surface area contributed by atoms with Gasteiger partial charge in [0.2, 0.25) is 0 Å². The predicted octanol–water partition coefficient (Wildman–Crippen LogP) is 1.10. The van der Waals surface area contributed by atoms with Crippen molar-refractivity contribution >= 4 is 23.2 Å². The van der Waals surface area contributed by atoms with Crippen LogP contribution in [0.2, 0.25) is 0 Å². The van der Waals surface area contributed by atoms with E-state index in [-0.39, 0.29) is 0 Å². The van der Waals surface area contributed by atoms with Gasteiger partial charge in [-0.1, -0.05) is 32.3 Å². The molecule has 1 rings (SSSR count). The van der Waals surface area contributed by atoms with Gasteiger partial charge in [0.15, 0.2) is 0 Å². The van der Waals surface area contributed by atoms with E-state index in [9.17, 15) is 0 Å². The highest BCUT2D eigenvalue weighted by Gasteiger charge is 2.13. The maximum Gasteiger partial charge on any atom is 0.499 e. The van der Waals surface area contributed by atoms with Gasteiger partial charge in [-0.2, -0.15) is 0 Å². The van der Waals surface area contributed by atoms with E-state index in [1.54, 1.807) is 6.07 Å². The zero-order valence-electron chi connectivity index (χ0n) is 9.78. The highest BCUT2D eigenvalue weighted by atomic mass is 32.1. The Morgan fingerprint density at radius 2 is 2.06 bits per heavy atom. The maximum absolute atomic E-state index is 8.95. The highest BCUT2D eigenvalue weighted by Crippen LogP contribution is 2.06. The summed E-state index contributed by atoms with van der Waals surface area (Å²) in [6.07, 6.45) is 5.08. The van der Waals surface area contributed by atoms with Crippen LogP contribution in [-0.4, -0.2) is 23.7 Å². The first-order valence-corrected chi connectivity index (χ1v) is 6.71. The zero-order chi connectivity index (χ0) is 11.8. The van der Waals surface area contributed by atoms with Crippen LogP contribution in [0.5, 0.6) is 0 Å². The molecule has 0 aliphatic rings. The van der Waals surface area contributed by atoms with Gasteiger partial charge >= 0.3 is 7.12 Å². The molecule has 0 amide bonds. The molecule has 0 fully saturated rings. The van der Waals surface area contributed by atoms with E-state index in [1.165, 1.54) is 37.0 Å². The fraction of sp³-hybridized carbons (Fsp3) is 0.636. The lowest BCUT2D eigenvalue weighted by Crippen LogP contribution is -2.26. The number of rotatable bonds is 8. The lowest BCUT2D eigenvalue weighted by molar-refractivity contribution is 0.427. The van der Waals surface area contributed by atoms with E-state index in [1.807, 2.05) is 6.07 Å². The van der Waals surface area contributed by atoms with Crippen LogP contribution in [0.15, 0.2) is 12.1 Å². The molecular formula is C11H20BNO2S. The SMILES string of the molecule is CCCCCCNCc1ccc(B(O)O)s1. The minimum atomic E-state index is -1.33. The van der Waals surface area contributed by atoms with Gasteiger partial charge in [0, 0.05) is 16.2 Å². The summed E-state index contributed by atoms with van der Waals surface area (Å²) < 4.78 is 0.614. The molecule has 0 saturated carbocycles. The fourth-order valence-corrected chi connectivity index (χ4v) is 2.37. The molecule has 0 aliphatic heterocycles. The van der Waals surface area contributed by atoms with Gasteiger partial charge in [0.05, 0.1) is 0 Å². The number of thiophene rings is 1. The molecule has 0 aliphatic carbocycles. The average Bonchev–Trinajstić information content (AvgIpc) is 2.72. The molecule has 3 nitrogen and oxygen atoms in total. The second kappa shape index (κ2) is 7.84. The van der Waals surface area contributed by atoms with Crippen molar-refractivity contribution in [2.45, 2.75) is 39.2 Å². The summed E-state index contributed by atoms with van der Waals surface area (Å²) in [7, 11) is -1.33. The van der Waals surface area contributed by atoms with E-state index < -0.39 is 7.12 Å². The minimum absolute atomic E-state index is 0.614. The fourth-order valence-electron chi connectivity index (χ4n) is 1.52. The van der Waals surface area contributed by atoms with E-state index in [0.717, 1.165) is 18.0 Å². The second-order valence-corrected chi connectivity index (χ2v) is 5.12. The van der Waals surface area contributed by atoms with Crippen LogP contribution in [0.25, 0.3) is 0 Å². The molecule has 16 heavy (non-hydrogen) atoms. The third kappa shape index (κ3) is 5.12. The molecule has 1 aromatic rings.